The molecule has 2 fully saturated rings. The minimum Gasteiger partial charge on any atom is -0.439 e. The summed E-state index contributed by atoms with van der Waals surface area (Å²) in [6.07, 6.45) is 2.35. The van der Waals surface area contributed by atoms with Crippen LogP contribution in [-0.4, -0.2) is 60.6 Å². The van der Waals surface area contributed by atoms with Crippen molar-refractivity contribution < 1.29 is 14.2 Å². The predicted octanol–water partition coefficient (Wildman–Crippen LogP) is 2.57. The Morgan fingerprint density at radius 2 is 2.00 bits per heavy atom. The third kappa shape index (κ3) is 5.75. The maximum absolute atomic E-state index is 5.94. The maximum Gasteiger partial charge on any atom is 0.234 e. The van der Waals surface area contributed by atoms with Crippen molar-refractivity contribution in [3.8, 4) is 11.6 Å². The summed E-state index contributed by atoms with van der Waals surface area (Å²) in [7, 11) is 0. The van der Waals surface area contributed by atoms with Crippen LogP contribution in [0.2, 0.25) is 0 Å². The molecular formula is C20H25N5O3S. The van der Waals surface area contributed by atoms with Crippen LogP contribution in [0.5, 0.6) is 11.6 Å². The monoisotopic (exact) mass is 415 g/mol. The Kier molecular flexibility index (Phi) is 6.71. The van der Waals surface area contributed by atoms with Gasteiger partial charge in [0.15, 0.2) is 5.11 Å². The molecule has 2 aliphatic heterocycles. The summed E-state index contributed by atoms with van der Waals surface area (Å²) in [6, 6.07) is 11.4. The Morgan fingerprint density at radius 3 is 2.76 bits per heavy atom. The fraction of sp³-hybridized carbons (Fsp3) is 0.450. The third-order valence-electron chi connectivity index (χ3n) is 4.73. The lowest BCUT2D eigenvalue weighted by Crippen LogP contribution is -2.37. The van der Waals surface area contributed by atoms with E-state index in [0.717, 1.165) is 38.4 Å². The van der Waals surface area contributed by atoms with Gasteiger partial charge in [-0.05, 0) is 37.2 Å². The highest BCUT2D eigenvalue weighted by Gasteiger charge is 2.18. The van der Waals surface area contributed by atoms with Crippen LogP contribution in [0.15, 0.2) is 36.4 Å². The summed E-state index contributed by atoms with van der Waals surface area (Å²) in [5.74, 6) is 2.34. The minimum atomic E-state index is 0.201. The molecule has 2 aliphatic rings. The number of aromatic nitrogens is 2. The molecule has 2 saturated heterocycles. The van der Waals surface area contributed by atoms with E-state index in [1.165, 1.54) is 0 Å². The molecule has 0 unspecified atom stereocenters. The number of para-hydroxylation sites is 1. The van der Waals surface area contributed by atoms with Crippen LogP contribution >= 0.6 is 12.2 Å². The first-order valence-electron chi connectivity index (χ1n) is 9.87. The van der Waals surface area contributed by atoms with Gasteiger partial charge in [0.05, 0.1) is 19.3 Å². The molecule has 3 heterocycles. The molecule has 0 spiro atoms. The van der Waals surface area contributed by atoms with Gasteiger partial charge >= 0.3 is 0 Å². The molecule has 0 amide bonds. The number of hydrogen-bond acceptors (Lipinski definition) is 7. The Labute approximate surface area is 175 Å². The van der Waals surface area contributed by atoms with Crippen LogP contribution in [0.3, 0.4) is 0 Å². The maximum atomic E-state index is 5.94. The molecule has 154 valence electrons. The van der Waals surface area contributed by atoms with Gasteiger partial charge in [0.1, 0.15) is 11.6 Å². The SMILES string of the molecule is S=C(NC[C@H]1CCCO1)Nc1nc(Oc2ccccc2)cc(N2CCOCC2)n1. The number of benzene rings is 1. The molecule has 0 aliphatic carbocycles. The Morgan fingerprint density at radius 1 is 1.17 bits per heavy atom. The second-order valence-electron chi connectivity index (χ2n) is 6.87. The van der Waals surface area contributed by atoms with Crippen LogP contribution in [0.1, 0.15) is 12.8 Å². The summed E-state index contributed by atoms with van der Waals surface area (Å²) < 4.78 is 17.0. The van der Waals surface area contributed by atoms with E-state index in [9.17, 15) is 0 Å². The first-order valence-corrected chi connectivity index (χ1v) is 10.3. The molecule has 0 bridgehead atoms. The molecule has 9 heteroatoms. The molecule has 1 atom stereocenters. The smallest absolute Gasteiger partial charge is 0.234 e. The summed E-state index contributed by atoms with van der Waals surface area (Å²) in [5, 5.41) is 6.72. The van der Waals surface area contributed by atoms with E-state index in [1.54, 1.807) is 0 Å². The largest absolute Gasteiger partial charge is 0.439 e. The average molecular weight is 416 g/mol. The highest BCUT2D eigenvalue weighted by atomic mass is 32.1. The number of ether oxygens (including phenoxy) is 3. The zero-order valence-corrected chi connectivity index (χ0v) is 17.0. The van der Waals surface area contributed by atoms with Crippen LogP contribution in [-0.2, 0) is 9.47 Å². The van der Waals surface area contributed by atoms with Crippen molar-refractivity contribution in [2.45, 2.75) is 18.9 Å². The van der Waals surface area contributed by atoms with E-state index in [4.69, 9.17) is 26.4 Å². The first kappa shape index (κ1) is 19.8. The lowest BCUT2D eigenvalue weighted by molar-refractivity contribution is 0.114. The number of morpholine rings is 1. The molecule has 4 rings (SSSR count). The summed E-state index contributed by atoms with van der Waals surface area (Å²) in [6.45, 7) is 4.36. The molecule has 29 heavy (non-hydrogen) atoms. The fourth-order valence-corrected chi connectivity index (χ4v) is 3.42. The summed E-state index contributed by atoms with van der Waals surface area (Å²) in [5.41, 5.74) is 0. The van der Waals surface area contributed by atoms with Gasteiger partial charge in [0, 0.05) is 32.3 Å². The standard InChI is InChI=1S/C20H25N5O3S/c29-20(21-14-16-7-4-10-27-16)24-19-22-17(25-8-11-26-12-9-25)13-18(23-19)28-15-5-2-1-3-6-15/h1-3,5-6,13,16H,4,7-12,14H2,(H2,21,22,23,24,29)/t16-/m1/s1. The van der Waals surface area contributed by atoms with Gasteiger partial charge in [-0.3, -0.25) is 0 Å². The van der Waals surface area contributed by atoms with Crippen molar-refractivity contribution >= 4 is 29.1 Å². The highest BCUT2D eigenvalue weighted by molar-refractivity contribution is 7.80. The highest BCUT2D eigenvalue weighted by Crippen LogP contribution is 2.25. The van der Waals surface area contributed by atoms with E-state index < -0.39 is 0 Å². The van der Waals surface area contributed by atoms with E-state index in [-0.39, 0.29) is 6.10 Å². The van der Waals surface area contributed by atoms with Gasteiger partial charge < -0.3 is 29.7 Å². The number of rotatable bonds is 6. The van der Waals surface area contributed by atoms with Gasteiger partial charge in [-0.1, -0.05) is 18.2 Å². The summed E-state index contributed by atoms with van der Waals surface area (Å²) in [4.78, 5) is 11.3. The average Bonchev–Trinajstić information content (AvgIpc) is 3.27. The van der Waals surface area contributed by atoms with Crippen LogP contribution in [0, 0.1) is 0 Å². The normalized spacial score (nSPS) is 19.0. The van der Waals surface area contributed by atoms with Crippen LogP contribution < -0.4 is 20.3 Å². The van der Waals surface area contributed by atoms with E-state index in [0.29, 0.717) is 42.4 Å². The molecule has 2 aromatic rings. The molecule has 2 N–H and O–H groups in total. The van der Waals surface area contributed by atoms with Crippen molar-refractivity contribution in [3.05, 3.63) is 36.4 Å². The summed E-state index contributed by atoms with van der Waals surface area (Å²) >= 11 is 5.41. The lowest BCUT2D eigenvalue weighted by atomic mass is 10.2. The first-order chi connectivity index (χ1) is 14.3. The van der Waals surface area contributed by atoms with Gasteiger partial charge in [-0.25, -0.2) is 0 Å². The quantitative estimate of drug-likeness (QED) is 0.692. The van der Waals surface area contributed by atoms with Crippen molar-refractivity contribution in [1.82, 2.24) is 15.3 Å². The van der Waals surface area contributed by atoms with E-state index in [1.807, 2.05) is 36.4 Å². The predicted molar refractivity (Wildman–Crippen MR) is 115 cm³/mol. The molecule has 8 nitrogen and oxygen atoms in total. The molecule has 0 saturated carbocycles. The molecule has 0 radical (unpaired) electrons. The van der Waals surface area contributed by atoms with Gasteiger partial charge in [0.25, 0.3) is 0 Å². The minimum absolute atomic E-state index is 0.201. The lowest BCUT2D eigenvalue weighted by Gasteiger charge is -2.28. The molecule has 1 aromatic heterocycles. The number of anilines is 2. The number of thiocarbonyl (C=S) groups is 1. The van der Waals surface area contributed by atoms with Crippen molar-refractivity contribution in [3.63, 3.8) is 0 Å². The fourth-order valence-electron chi connectivity index (χ4n) is 3.24. The Balaban J connectivity index is 1.47. The van der Waals surface area contributed by atoms with E-state index >= 15 is 0 Å². The van der Waals surface area contributed by atoms with Crippen LogP contribution in [0.25, 0.3) is 0 Å². The second kappa shape index (κ2) is 9.82. The zero-order valence-electron chi connectivity index (χ0n) is 16.2. The topological polar surface area (TPSA) is 80.8 Å². The van der Waals surface area contributed by atoms with Gasteiger partial charge in [-0.2, -0.15) is 9.97 Å². The van der Waals surface area contributed by atoms with Crippen molar-refractivity contribution in [2.24, 2.45) is 0 Å². The molecular weight excluding hydrogens is 390 g/mol. The van der Waals surface area contributed by atoms with Crippen molar-refractivity contribution in [2.75, 3.05) is 49.7 Å². The Hall–Kier alpha value is -2.49. The zero-order chi connectivity index (χ0) is 19.9. The number of nitrogens with one attached hydrogen (secondary N) is 2. The van der Waals surface area contributed by atoms with Gasteiger partial charge in [0.2, 0.25) is 11.8 Å². The van der Waals surface area contributed by atoms with Gasteiger partial charge in [-0.15, -0.1) is 0 Å². The van der Waals surface area contributed by atoms with E-state index in [2.05, 4.69) is 25.5 Å². The molecule has 1 aromatic carbocycles. The van der Waals surface area contributed by atoms with Crippen molar-refractivity contribution in [1.29, 1.82) is 0 Å². The Bertz CT molecular complexity index is 811. The second-order valence-corrected chi connectivity index (χ2v) is 7.28. The van der Waals surface area contributed by atoms with Crippen LogP contribution in [0.4, 0.5) is 11.8 Å². The number of nitrogens with zero attached hydrogens (tertiary/aromatic N) is 3. The third-order valence-corrected chi connectivity index (χ3v) is 4.98. The number of hydrogen-bond donors (Lipinski definition) is 2.